The van der Waals surface area contributed by atoms with E-state index in [9.17, 15) is 8.42 Å². The van der Waals surface area contributed by atoms with Gasteiger partial charge in [0.1, 0.15) is 0 Å². The van der Waals surface area contributed by atoms with Crippen LogP contribution in [-0.2, 0) is 10.0 Å². The van der Waals surface area contributed by atoms with Crippen LogP contribution >= 0.6 is 0 Å². The number of rotatable bonds is 2. The number of hydrogen-bond acceptors (Lipinski definition) is 3. The van der Waals surface area contributed by atoms with E-state index in [1.165, 1.54) is 0 Å². The maximum Gasteiger partial charge on any atom is 0.291 e. The molecule has 1 N–H and O–H groups in total. The van der Waals surface area contributed by atoms with Gasteiger partial charge in [-0.15, -0.1) is 0 Å². The molecule has 7 heavy (non-hydrogen) atoms. The normalized spacial score (nSPS) is 10.3. The lowest BCUT2D eigenvalue weighted by atomic mass is 11.3. The quantitative estimate of drug-likeness (QED) is 0.539. The third kappa shape index (κ3) is 2.05. The summed E-state index contributed by atoms with van der Waals surface area (Å²) in [4.78, 5) is 0. The molecule has 0 bridgehead atoms. The molecule has 4 nitrogen and oxygen atoms in total. The standard InChI is InChI=1S/C2H4N2O2S/c1-2-7(5,6)4-3/h2-3H,1H2. The number of sulfonamides is 1. The fraction of sp³-hybridized carbons (Fsp3) is 0. The van der Waals surface area contributed by atoms with Crippen LogP contribution in [0.4, 0.5) is 0 Å². The minimum atomic E-state index is -3.60. The summed E-state index contributed by atoms with van der Waals surface area (Å²) in [6.07, 6.45) is 0. The highest BCUT2D eigenvalue weighted by molar-refractivity contribution is 7.92. The molecular formula is C2H4N2O2S. The molecule has 0 aliphatic heterocycles. The zero-order valence-electron chi connectivity index (χ0n) is 3.46. The Kier molecular flexibility index (Phi) is 1.65. The molecule has 0 aliphatic carbocycles. The predicted molar refractivity (Wildman–Crippen MR) is 24.3 cm³/mol. The van der Waals surface area contributed by atoms with Crippen molar-refractivity contribution < 1.29 is 8.42 Å². The first-order valence-electron chi connectivity index (χ1n) is 1.38. The number of nitrogens with one attached hydrogen (secondary N) is 1. The van der Waals surface area contributed by atoms with E-state index in [1.807, 2.05) is 0 Å². The molecule has 0 aromatic carbocycles. The smallest absolute Gasteiger partial charge is 0.198 e. The third-order valence-corrected chi connectivity index (χ3v) is 1.01. The maximum atomic E-state index is 9.90. The maximum absolute atomic E-state index is 9.90. The van der Waals surface area contributed by atoms with Crippen LogP contribution in [0.2, 0.25) is 0 Å². The van der Waals surface area contributed by atoms with Gasteiger partial charge in [0.15, 0.2) is 0 Å². The minimum absolute atomic E-state index is 0.611. The molecule has 0 aromatic rings. The van der Waals surface area contributed by atoms with Gasteiger partial charge in [-0.1, -0.05) is 11.1 Å². The monoisotopic (exact) mass is 120 g/mol. The average Bonchev–Trinajstić information content (AvgIpc) is 1.68. The summed E-state index contributed by atoms with van der Waals surface area (Å²) >= 11 is 0. The Morgan fingerprint density at radius 2 is 2.14 bits per heavy atom. The predicted octanol–water partition coefficient (Wildman–Crippen LogP) is 0.491. The molecule has 0 spiro atoms. The van der Waals surface area contributed by atoms with E-state index < -0.39 is 10.0 Å². The van der Waals surface area contributed by atoms with Crippen molar-refractivity contribution in [2.24, 2.45) is 4.52 Å². The Bertz CT molecular complexity index is 154. The van der Waals surface area contributed by atoms with Gasteiger partial charge >= 0.3 is 0 Å². The first-order chi connectivity index (χ1) is 3.12. The summed E-state index contributed by atoms with van der Waals surface area (Å²) in [6.45, 7) is 2.90. The van der Waals surface area contributed by atoms with Crippen molar-refractivity contribution in [2.45, 2.75) is 0 Å². The van der Waals surface area contributed by atoms with Crippen LogP contribution in [0.5, 0.6) is 0 Å². The van der Waals surface area contributed by atoms with Crippen molar-refractivity contribution in [2.75, 3.05) is 0 Å². The van der Waals surface area contributed by atoms with Crippen LogP contribution < -0.4 is 0 Å². The van der Waals surface area contributed by atoms with Gasteiger partial charge in [0.2, 0.25) is 0 Å². The van der Waals surface area contributed by atoms with E-state index in [-0.39, 0.29) is 0 Å². The van der Waals surface area contributed by atoms with Gasteiger partial charge in [0.05, 0.1) is 0 Å². The van der Waals surface area contributed by atoms with Crippen LogP contribution in [-0.4, -0.2) is 8.42 Å². The molecule has 0 radical (unpaired) electrons. The zero-order valence-corrected chi connectivity index (χ0v) is 4.27. The first-order valence-corrected chi connectivity index (χ1v) is 2.89. The summed E-state index contributed by atoms with van der Waals surface area (Å²) in [7, 11) is -3.60. The molecule has 0 aromatic heterocycles. The lowest BCUT2D eigenvalue weighted by molar-refractivity contribution is 0.603. The van der Waals surface area contributed by atoms with Gasteiger partial charge in [-0.25, -0.2) is 0 Å². The molecule has 0 rings (SSSR count). The largest absolute Gasteiger partial charge is 0.291 e. The van der Waals surface area contributed by atoms with Gasteiger partial charge in [0.25, 0.3) is 10.0 Å². The van der Waals surface area contributed by atoms with E-state index in [2.05, 4.69) is 11.1 Å². The van der Waals surface area contributed by atoms with E-state index in [4.69, 9.17) is 5.53 Å². The summed E-state index contributed by atoms with van der Waals surface area (Å²) < 4.78 is 22.0. The Hall–Kier alpha value is -0.710. The highest BCUT2D eigenvalue weighted by Crippen LogP contribution is 1.87. The van der Waals surface area contributed by atoms with Crippen LogP contribution in [0.15, 0.2) is 16.5 Å². The SMILES string of the molecule is C=CS(=O)(=O)N=N. The second-order valence-electron chi connectivity index (χ2n) is 0.773. The molecule has 0 aliphatic rings. The highest BCUT2D eigenvalue weighted by Gasteiger charge is 1.94. The van der Waals surface area contributed by atoms with Crippen molar-refractivity contribution in [3.05, 3.63) is 12.0 Å². The van der Waals surface area contributed by atoms with Crippen LogP contribution in [0.1, 0.15) is 0 Å². The fourth-order valence-corrected chi connectivity index (χ4v) is 0.112. The lowest BCUT2D eigenvalue weighted by Gasteiger charge is -1.75. The van der Waals surface area contributed by atoms with E-state index in [0.29, 0.717) is 5.41 Å². The van der Waals surface area contributed by atoms with Gasteiger partial charge in [-0.2, -0.15) is 13.9 Å². The zero-order chi connectivity index (χ0) is 5.91. The van der Waals surface area contributed by atoms with Crippen LogP contribution in [0.25, 0.3) is 0 Å². The third-order valence-electron chi connectivity index (χ3n) is 0.338. The van der Waals surface area contributed by atoms with Gasteiger partial charge < -0.3 is 0 Å². The van der Waals surface area contributed by atoms with Gasteiger partial charge in [0, 0.05) is 5.41 Å². The molecule has 40 valence electrons. The molecule has 0 atom stereocenters. The fourth-order valence-electron chi connectivity index (χ4n) is 0.0373. The summed E-state index contributed by atoms with van der Waals surface area (Å²) in [5, 5.41) is 0.611. The van der Waals surface area contributed by atoms with Crippen molar-refractivity contribution >= 4 is 10.0 Å². The summed E-state index contributed by atoms with van der Waals surface area (Å²) in [6, 6.07) is 0. The summed E-state index contributed by atoms with van der Waals surface area (Å²) in [5.74, 6) is 0. The van der Waals surface area contributed by atoms with Gasteiger partial charge in [-0.05, 0) is 0 Å². The highest BCUT2D eigenvalue weighted by atomic mass is 32.2. The molecular weight excluding hydrogens is 116 g/mol. The van der Waals surface area contributed by atoms with Crippen molar-refractivity contribution in [1.29, 1.82) is 5.53 Å². The van der Waals surface area contributed by atoms with Crippen LogP contribution in [0.3, 0.4) is 0 Å². The van der Waals surface area contributed by atoms with Crippen LogP contribution in [0, 0.1) is 5.53 Å². The molecule has 0 saturated heterocycles. The molecule has 0 fully saturated rings. The second kappa shape index (κ2) is 1.83. The molecule has 0 amide bonds. The van der Waals surface area contributed by atoms with E-state index in [1.54, 1.807) is 0 Å². The van der Waals surface area contributed by atoms with E-state index in [0.717, 1.165) is 0 Å². The van der Waals surface area contributed by atoms with Gasteiger partial charge in [-0.3, -0.25) is 0 Å². The first kappa shape index (κ1) is 6.29. The van der Waals surface area contributed by atoms with E-state index >= 15 is 0 Å². The van der Waals surface area contributed by atoms with Crippen molar-refractivity contribution in [1.82, 2.24) is 0 Å². The Morgan fingerprint density at radius 3 is 2.14 bits per heavy atom. The number of nitrogens with zero attached hydrogens (tertiary/aromatic N) is 1. The number of hydrogen-bond donors (Lipinski definition) is 1. The lowest BCUT2D eigenvalue weighted by Crippen LogP contribution is -1.82. The Balaban J connectivity index is 4.49. The second-order valence-corrected chi connectivity index (χ2v) is 2.32. The Labute approximate surface area is 41.4 Å². The summed E-state index contributed by atoms with van der Waals surface area (Å²) in [5.41, 5.74) is 5.97. The molecule has 0 heterocycles. The molecule has 0 unspecified atom stereocenters. The average molecular weight is 120 g/mol. The minimum Gasteiger partial charge on any atom is -0.198 e. The molecule has 0 saturated carbocycles. The molecule has 5 heteroatoms. The van der Waals surface area contributed by atoms with Crippen molar-refractivity contribution in [3.8, 4) is 0 Å². The topological polar surface area (TPSA) is 70.3 Å². The Morgan fingerprint density at radius 1 is 1.71 bits per heavy atom. The van der Waals surface area contributed by atoms with Crippen molar-refractivity contribution in [3.63, 3.8) is 0 Å².